The van der Waals surface area contributed by atoms with Crippen molar-refractivity contribution in [2.24, 2.45) is 5.73 Å². The molecule has 1 heterocycles. The first-order valence-corrected chi connectivity index (χ1v) is 5.27. The highest BCUT2D eigenvalue weighted by Gasteiger charge is 2.25. The van der Waals surface area contributed by atoms with Crippen molar-refractivity contribution in [2.75, 3.05) is 26.7 Å². The van der Waals surface area contributed by atoms with Crippen molar-refractivity contribution in [1.29, 1.82) is 0 Å². The molecule has 0 aromatic rings. The van der Waals surface area contributed by atoms with Gasteiger partial charge in [-0.2, -0.15) is 0 Å². The van der Waals surface area contributed by atoms with E-state index in [1.165, 1.54) is 0 Å². The maximum absolute atomic E-state index is 5.52. The molecule has 3 nitrogen and oxygen atoms in total. The fourth-order valence-electron chi connectivity index (χ4n) is 1.64. The summed E-state index contributed by atoms with van der Waals surface area (Å²) < 4.78 is 5.52. The van der Waals surface area contributed by atoms with Gasteiger partial charge >= 0.3 is 0 Å². The Morgan fingerprint density at radius 3 is 2.54 bits per heavy atom. The van der Waals surface area contributed by atoms with E-state index in [2.05, 4.69) is 18.9 Å². The second kappa shape index (κ2) is 7.30. The van der Waals surface area contributed by atoms with Crippen LogP contribution in [0.2, 0.25) is 0 Å². The normalized spacial score (nSPS) is 29.3. The van der Waals surface area contributed by atoms with Crippen molar-refractivity contribution in [2.45, 2.75) is 39.3 Å². The number of ether oxygens (including phenoxy) is 1. The summed E-state index contributed by atoms with van der Waals surface area (Å²) in [5.41, 5.74) is 5.50. The van der Waals surface area contributed by atoms with Crippen molar-refractivity contribution in [3.63, 3.8) is 0 Å². The summed E-state index contributed by atoms with van der Waals surface area (Å²) in [6, 6.07) is 0.522. The molecule has 1 rings (SSSR count). The van der Waals surface area contributed by atoms with Gasteiger partial charge in [0.1, 0.15) is 0 Å². The Balaban J connectivity index is 0.000000671. The largest absolute Gasteiger partial charge is 0.376 e. The van der Waals surface area contributed by atoms with E-state index in [1.54, 1.807) is 0 Å². The highest BCUT2D eigenvalue weighted by molar-refractivity contribution is 4.79. The number of nitrogens with zero attached hydrogens (tertiary/aromatic N) is 1. The number of likely N-dealkylation sites (N-methyl/N-ethyl adjacent to an activating group) is 1. The molecule has 2 N–H and O–H groups in total. The Morgan fingerprint density at radius 1 is 1.46 bits per heavy atom. The number of morpholine rings is 1. The molecule has 0 aromatic carbocycles. The number of rotatable bonds is 2. The van der Waals surface area contributed by atoms with Crippen LogP contribution in [0.1, 0.15) is 27.2 Å². The summed E-state index contributed by atoms with van der Waals surface area (Å²) in [5.74, 6) is 0. The Bertz CT molecular complexity index is 109. The summed E-state index contributed by atoms with van der Waals surface area (Å²) in [7, 11) is 2.14. The van der Waals surface area contributed by atoms with Crippen LogP contribution in [0.3, 0.4) is 0 Å². The molecular formula is C10H24N2O. The molecule has 1 saturated heterocycles. The van der Waals surface area contributed by atoms with Crippen molar-refractivity contribution >= 4 is 0 Å². The van der Waals surface area contributed by atoms with Gasteiger partial charge in [-0.15, -0.1) is 0 Å². The first-order chi connectivity index (χ1) is 6.25. The number of hydrogen-bond donors (Lipinski definition) is 1. The summed E-state index contributed by atoms with van der Waals surface area (Å²) in [6.07, 6.45) is 1.38. The lowest BCUT2D eigenvalue weighted by Gasteiger charge is -2.37. The van der Waals surface area contributed by atoms with Gasteiger partial charge in [-0.1, -0.05) is 13.8 Å². The molecule has 3 heteroatoms. The fraction of sp³-hybridized carbons (Fsp3) is 1.00. The van der Waals surface area contributed by atoms with Crippen molar-refractivity contribution < 1.29 is 4.74 Å². The SMILES string of the molecule is CC.CC1OCCN(C)C1CCN. The predicted octanol–water partition coefficient (Wildman–Crippen LogP) is 1.08. The summed E-state index contributed by atoms with van der Waals surface area (Å²) in [4.78, 5) is 2.33. The van der Waals surface area contributed by atoms with Crippen LogP contribution < -0.4 is 5.73 Å². The molecule has 2 unspecified atom stereocenters. The van der Waals surface area contributed by atoms with Crippen LogP contribution in [-0.2, 0) is 4.74 Å². The predicted molar refractivity (Wildman–Crippen MR) is 56.9 cm³/mol. The van der Waals surface area contributed by atoms with Gasteiger partial charge < -0.3 is 10.5 Å². The molecule has 0 bridgehead atoms. The third kappa shape index (κ3) is 4.07. The van der Waals surface area contributed by atoms with Gasteiger partial charge in [0.2, 0.25) is 0 Å². The first-order valence-electron chi connectivity index (χ1n) is 5.27. The van der Waals surface area contributed by atoms with E-state index in [-0.39, 0.29) is 0 Å². The molecular weight excluding hydrogens is 164 g/mol. The van der Waals surface area contributed by atoms with E-state index in [0.717, 1.165) is 26.1 Å². The van der Waals surface area contributed by atoms with Gasteiger partial charge in [-0.3, -0.25) is 4.90 Å². The lowest BCUT2D eigenvalue weighted by molar-refractivity contribution is -0.0530. The molecule has 1 aliphatic rings. The van der Waals surface area contributed by atoms with Crippen LogP contribution in [0.15, 0.2) is 0 Å². The fourth-order valence-corrected chi connectivity index (χ4v) is 1.64. The van der Waals surface area contributed by atoms with E-state index in [0.29, 0.717) is 12.1 Å². The van der Waals surface area contributed by atoms with Gasteiger partial charge in [-0.25, -0.2) is 0 Å². The lowest BCUT2D eigenvalue weighted by atomic mass is 10.1. The Hall–Kier alpha value is -0.120. The molecule has 0 spiro atoms. The molecule has 80 valence electrons. The third-order valence-electron chi connectivity index (χ3n) is 2.40. The number of nitrogens with two attached hydrogens (primary N) is 1. The average Bonchev–Trinajstić information content (AvgIpc) is 2.15. The van der Waals surface area contributed by atoms with Crippen molar-refractivity contribution in [1.82, 2.24) is 4.90 Å². The van der Waals surface area contributed by atoms with E-state index in [4.69, 9.17) is 10.5 Å². The zero-order chi connectivity index (χ0) is 10.3. The van der Waals surface area contributed by atoms with Gasteiger partial charge in [0.25, 0.3) is 0 Å². The Morgan fingerprint density at radius 2 is 2.08 bits per heavy atom. The Kier molecular flexibility index (Phi) is 7.23. The van der Waals surface area contributed by atoms with E-state index < -0.39 is 0 Å². The minimum atomic E-state index is 0.345. The standard InChI is InChI=1S/C8H18N2O.C2H6/c1-7-8(3-4-9)10(2)5-6-11-7;1-2/h7-8H,3-6,9H2,1-2H3;1-2H3. The second-order valence-corrected chi connectivity index (χ2v) is 3.20. The minimum Gasteiger partial charge on any atom is -0.376 e. The van der Waals surface area contributed by atoms with Crippen LogP contribution in [0, 0.1) is 0 Å². The van der Waals surface area contributed by atoms with Crippen LogP contribution in [0.5, 0.6) is 0 Å². The van der Waals surface area contributed by atoms with Crippen LogP contribution in [-0.4, -0.2) is 43.8 Å². The smallest absolute Gasteiger partial charge is 0.0703 e. The first kappa shape index (κ1) is 12.9. The molecule has 0 aromatic heterocycles. The molecule has 0 amide bonds. The second-order valence-electron chi connectivity index (χ2n) is 3.20. The average molecular weight is 188 g/mol. The van der Waals surface area contributed by atoms with Gasteiger partial charge in [-0.05, 0) is 26.9 Å². The van der Waals surface area contributed by atoms with Crippen LogP contribution in [0.25, 0.3) is 0 Å². The van der Waals surface area contributed by atoms with Crippen molar-refractivity contribution in [3.8, 4) is 0 Å². The maximum atomic E-state index is 5.52. The lowest BCUT2D eigenvalue weighted by Crippen LogP contribution is -2.48. The summed E-state index contributed by atoms with van der Waals surface area (Å²) >= 11 is 0. The number of hydrogen-bond acceptors (Lipinski definition) is 3. The van der Waals surface area contributed by atoms with E-state index in [9.17, 15) is 0 Å². The van der Waals surface area contributed by atoms with Gasteiger partial charge in [0.05, 0.1) is 12.7 Å². The van der Waals surface area contributed by atoms with Crippen LogP contribution >= 0.6 is 0 Å². The molecule has 1 fully saturated rings. The highest BCUT2D eigenvalue weighted by atomic mass is 16.5. The molecule has 2 atom stereocenters. The highest BCUT2D eigenvalue weighted by Crippen LogP contribution is 2.13. The zero-order valence-electron chi connectivity index (χ0n) is 9.42. The third-order valence-corrected chi connectivity index (χ3v) is 2.40. The molecule has 0 aliphatic carbocycles. The topological polar surface area (TPSA) is 38.5 Å². The molecule has 1 aliphatic heterocycles. The zero-order valence-corrected chi connectivity index (χ0v) is 9.42. The molecule has 0 saturated carbocycles. The van der Waals surface area contributed by atoms with E-state index in [1.807, 2.05) is 13.8 Å². The minimum absolute atomic E-state index is 0.345. The van der Waals surface area contributed by atoms with Gasteiger partial charge in [0.15, 0.2) is 0 Å². The summed E-state index contributed by atoms with van der Waals surface area (Å²) in [5, 5.41) is 0. The van der Waals surface area contributed by atoms with Crippen LogP contribution in [0.4, 0.5) is 0 Å². The monoisotopic (exact) mass is 188 g/mol. The Labute approximate surface area is 82.2 Å². The molecule has 0 radical (unpaired) electrons. The molecule has 13 heavy (non-hydrogen) atoms. The van der Waals surface area contributed by atoms with Crippen molar-refractivity contribution in [3.05, 3.63) is 0 Å². The van der Waals surface area contributed by atoms with E-state index >= 15 is 0 Å². The summed E-state index contributed by atoms with van der Waals surface area (Å²) in [6.45, 7) is 8.77. The van der Waals surface area contributed by atoms with Gasteiger partial charge in [0, 0.05) is 12.6 Å². The maximum Gasteiger partial charge on any atom is 0.0703 e. The quantitative estimate of drug-likeness (QED) is 0.705.